The fourth-order valence-corrected chi connectivity index (χ4v) is 2.01. The molecule has 2 aromatic carbocycles. The lowest BCUT2D eigenvalue weighted by molar-refractivity contribution is -0.120. The first-order valence-corrected chi connectivity index (χ1v) is 6.58. The van der Waals surface area contributed by atoms with Crippen molar-refractivity contribution in [2.45, 2.75) is 6.42 Å². The van der Waals surface area contributed by atoms with E-state index in [1.807, 2.05) is 18.2 Å². The van der Waals surface area contributed by atoms with Gasteiger partial charge in [-0.2, -0.15) is 0 Å². The van der Waals surface area contributed by atoms with E-state index in [0.29, 0.717) is 11.3 Å². The topological polar surface area (TPSA) is 26.3 Å². The quantitative estimate of drug-likeness (QED) is 0.837. The number of halogens is 2. The van der Waals surface area contributed by atoms with Crippen molar-refractivity contribution in [1.29, 1.82) is 0 Å². The van der Waals surface area contributed by atoms with Gasteiger partial charge >= 0.3 is 0 Å². The van der Waals surface area contributed by atoms with Gasteiger partial charge in [-0.15, -0.1) is 0 Å². The number of ketones is 1. The van der Waals surface area contributed by atoms with Crippen LogP contribution in [-0.4, -0.2) is 12.4 Å². The summed E-state index contributed by atoms with van der Waals surface area (Å²) in [4.78, 5) is 11.8. The van der Waals surface area contributed by atoms with Crippen molar-refractivity contribution in [3.05, 3.63) is 64.4 Å². The summed E-state index contributed by atoms with van der Waals surface area (Å²) in [5.41, 5.74) is 0.627. The molecule has 2 rings (SSSR count). The van der Waals surface area contributed by atoms with Crippen molar-refractivity contribution in [3.63, 3.8) is 0 Å². The number of hydrogen-bond donors (Lipinski definition) is 0. The lowest BCUT2D eigenvalue weighted by atomic mass is 10.1. The van der Waals surface area contributed by atoms with Gasteiger partial charge < -0.3 is 4.74 Å². The van der Waals surface area contributed by atoms with E-state index in [9.17, 15) is 9.18 Å². The Morgan fingerprint density at radius 1 is 1.16 bits per heavy atom. The number of carbonyl (C=O) groups excluding carboxylic acids is 1. The highest BCUT2D eigenvalue weighted by molar-refractivity contribution is 9.10. The molecule has 0 fully saturated rings. The highest BCUT2D eigenvalue weighted by Gasteiger charge is 2.09. The second-order valence-corrected chi connectivity index (χ2v) is 4.91. The van der Waals surface area contributed by atoms with Crippen LogP contribution in [-0.2, 0) is 11.2 Å². The van der Waals surface area contributed by atoms with E-state index < -0.39 is 0 Å². The summed E-state index contributed by atoms with van der Waals surface area (Å²) in [7, 11) is 0. The smallest absolute Gasteiger partial charge is 0.174 e. The van der Waals surface area contributed by atoms with Gasteiger partial charge in [0.1, 0.15) is 18.2 Å². The zero-order valence-electron chi connectivity index (χ0n) is 10.1. The van der Waals surface area contributed by atoms with Gasteiger partial charge in [-0.3, -0.25) is 4.79 Å². The van der Waals surface area contributed by atoms with Gasteiger partial charge in [-0.1, -0.05) is 34.1 Å². The third kappa shape index (κ3) is 4.17. The molecule has 0 spiro atoms. The molecular weight excluding hydrogens is 311 g/mol. The predicted molar refractivity (Wildman–Crippen MR) is 74.7 cm³/mol. The lowest BCUT2D eigenvalue weighted by Gasteiger charge is -2.06. The molecule has 0 heterocycles. The van der Waals surface area contributed by atoms with Crippen LogP contribution in [0.25, 0.3) is 0 Å². The van der Waals surface area contributed by atoms with Crippen molar-refractivity contribution in [3.8, 4) is 5.75 Å². The maximum Gasteiger partial charge on any atom is 0.174 e. The number of carbonyl (C=O) groups is 1. The van der Waals surface area contributed by atoms with Gasteiger partial charge in [0, 0.05) is 10.9 Å². The molecule has 0 aromatic heterocycles. The van der Waals surface area contributed by atoms with Crippen molar-refractivity contribution in [1.82, 2.24) is 0 Å². The molecule has 0 aliphatic heterocycles. The first kappa shape index (κ1) is 13.7. The average molecular weight is 323 g/mol. The van der Waals surface area contributed by atoms with Gasteiger partial charge in [0.2, 0.25) is 0 Å². The number of benzene rings is 2. The van der Waals surface area contributed by atoms with Crippen LogP contribution in [0.5, 0.6) is 5.75 Å². The Labute approximate surface area is 119 Å². The Bertz CT molecular complexity index is 570. The summed E-state index contributed by atoms with van der Waals surface area (Å²) in [5, 5.41) is 0. The zero-order valence-corrected chi connectivity index (χ0v) is 11.7. The molecule has 98 valence electrons. The summed E-state index contributed by atoms with van der Waals surface area (Å²) in [6.07, 6.45) is 0.144. The minimum Gasteiger partial charge on any atom is -0.486 e. The Morgan fingerprint density at radius 2 is 1.89 bits per heavy atom. The number of para-hydroxylation sites is 1. The van der Waals surface area contributed by atoms with Crippen molar-refractivity contribution in [2.24, 2.45) is 0 Å². The molecule has 0 bridgehead atoms. The van der Waals surface area contributed by atoms with E-state index in [1.54, 1.807) is 18.2 Å². The molecule has 0 aliphatic rings. The normalized spacial score (nSPS) is 10.2. The van der Waals surface area contributed by atoms with E-state index in [4.69, 9.17) is 4.74 Å². The molecule has 2 aromatic rings. The molecule has 0 saturated carbocycles. The molecule has 0 N–H and O–H groups in total. The first-order valence-electron chi connectivity index (χ1n) is 5.78. The van der Waals surface area contributed by atoms with Crippen molar-refractivity contribution in [2.75, 3.05) is 6.61 Å². The fourth-order valence-electron chi connectivity index (χ4n) is 1.62. The monoisotopic (exact) mass is 322 g/mol. The van der Waals surface area contributed by atoms with E-state index in [-0.39, 0.29) is 24.6 Å². The van der Waals surface area contributed by atoms with Crippen LogP contribution in [0, 0.1) is 5.82 Å². The van der Waals surface area contributed by atoms with Crippen LogP contribution in [0.1, 0.15) is 5.56 Å². The van der Waals surface area contributed by atoms with Crippen LogP contribution in [0.4, 0.5) is 4.39 Å². The van der Waals surface area contributed by atoms with Crippen LogP contribution >= 0.6 is 15.9 Å². The number of rotatable bonds is 5. The van der Waals surface area contributed by atoms with Crippen LogP contribution in [0.15, 0.2) is 53.0 Å². The summed E-state index contributed by atoms with van der Waals surface area (Å²) in [6, 6.07) is 13.4. The molecule has 0 saturated heterocycles. The SMILES string of the molecule is O=C(COc1ccccc1)Cc1cc(F)ccc1Br. The molecular formula is C15H12BrFO2. The fraction of sp³-hybridized carbons (Fsp3) is 0.133. The summed E-state index contributed by atoms with van der Waals surface area (Å²) in [6.45, 7) is -0.0209. The highest BCUT2D eigenvalue weighted by atomic mass is 79.9. The van der Waals surface area contributed by atoms with Gasteiger partial charge in [0.05, 0.1) is 0 Å². The minimum atomic E-state index is -0.352. The number of hydrogen-bond acceptors (Lipinski definition) is 2. The first-order chi connectivity index (χ1) is 9.15. The Balaban J connectivity index is 1.93. The summed E-state index contributed by atoms with van der Waals surface area (Å²) >= 11 is 3.30. The average Bonchev–Trinajstić information content (AvgIpc) is 2.42. The molecule has 4 heteroatoms. The molecule has 19 heavy (non-hydrogen) atoms. The maximum atomic E-state index is 13.1. The predicted octanol–water partition coefficient (Wildman–Crippen LogP) is 3.78. The molecule has 2 nitrogen and oxygen atoms in total. The van der Waals surface area contributed by atoms with E-state index in [1.165, 1.54) is 12.1 Å². The third-order valence-electron chi connectivity index (χ3n) is 2.54. The second-order valence-electron chi connectivity index (χ2n) is 4.05. The van der Waals surface area contributed by atoms with E-state index in [2.05, 4.69) is 15.9 Å². The molecule has 0 atom stereocenters. The summed E-state index contributed by atoms with van der Waals surface area (Å²) < 4.78 is 19.2. The highest BCUT2D eigenvalue weighted by Crippen LogP contribution is 2.18. The van der Waals surface area contributed by atoms with E-state index >= 15 is 0 Å². The van der Waals surface area contributed by atoms with Crippen molar-refractivity contribution >= 4 is 21.7 Å². The van der Waals surface area contributed by atoms with Gasteiger partial charge in [-0.05, 0) is 35.9 Å². The Hall–Kier alpha value is -1.68. The minimum absolute atomic E-state index is 0.0209. The molecule has 0 radical (unpaired) electrons. The lowest BCUT2D eigenvalue weighted by Crippen LogP contribution is -2.14. The van der Waals surface area contributed by atoms with Crippen molar-refractivity contribution < 1.29 is 13.9 Å². The Kier molecular flexibility index (Phi) is 4.68. The van der Waals surface area contributed by atoms with Gasteiger partial charge in [0.25, 0.3) is 0 Å². The number of Topliss-reactive ketones (excluding diaryl/α,β-unsaturated/α-hetero) is 1. The zero-order chi connectivity index (χ0) is 13.7. The molecule has 0 amide bonds. The number of ether oxygens (including phenoxy) is 1. The molecule has 0 aliphatic carbocycles. The largest absolute Gasteiger partial charge is 0.486 e. The van der Waals surface area contributed by atoms with Crippen LogP contribution < -0.4 is 4.74 Å². The standard InChI is InChI=1S/C15H12BrFO2/c16-15-7-6-12(17)8-11(15)9-13(18)10-19-14-4-2-1-3-5-14/h1-8H,9-10H2. The third-order valence-corrected chi connectivity index (χ3v) is 3.31. The van der Waals surface area contributed by atoms with Gasteiger partial charge in [0.15, 0.2) is 5.78 Å². The summed E-state index contributed by atoms with van der Waals surface area (Å²) in [5.74, 6) is 0.194. The van der Waals surface area contributed by atoms with Gasteiger partial charge in [-0.25, -0.2) is 4.39 Å². The van der Waals surface area contributed by atoms with Crippen LogP contribution in [0.3, 0.4) is 0 Å². The molecule has 0 unspecified atom stereocenters. The maximum absolute atomic E-state index is 13.1. The van der Waals surface area contributed by atoms with Crippen LogP contribution in [0.2, 0.25) is 0 Å². The van der Waals surface area contributed by atoms with E-state index in [0.717, 1.165) is 4.47 Å². The Morgan fingerprint density at radius 3 is 2.63 bits per heavy atom. The second kappa shape index (κ2) is 6.48.